The number of nitrogen functional groups attached to an aromatic ring is 1. The van der Waals surface area contributed by atoms with Crippen molar-refractivity contribution < 1.29 is 14.6 Å². The molecule has 0 spiro atoms. The third-order valence-electron chi connectivity index (χ3n) is 3.06. The van der Waals surface area contributed by atoms with Crippen molar-refractivity contribution in [1.29, 1.82) is 0 Å². The average Bonchev–Trinajstić information content (AvgIpc) is 2.37. The number of ether oxygens (including phenoxy) is 1. The molecule has 1 unspecified atom stereocenters. The maximum absolute atomic E-state index is 11.1. The molecule has 0 radical (unpaired) electrons. The van der Waals surface area contributed by atoms with Crippen molar-refractivity contribution in [2.75, 3.05) is 5.73 Å². The largest absolute Gasteiger partial charge is 0.488 e. The van der Waals surface area contributed by atoms with Crippen LogP contribution in [0.1, 0.15) is 56.3 Å². The molecule has 0 bridgehead atoms. The third kappa shape index (κ3) is 4.81. The van der Waals surface area contributed by atoms with Crippen molar-refractivity contribution in [3.8, 4) is 5.75 Å². The van der Waals surface area contributed by atoms with Crippen LogP contribution in [0.5, 0.6) is 5.75 Å². The molecule has 4 heteroatoms. The number of hydrogen-bond donors (Lipinski definition) is 2. The number of anilines is 1. The van der Waals surface area contributed by atoms with Gasteiger partial charge in [0, 0.05) is 0 Å². The Kier molecular flexibility index (Phi) is 6.19. The first-order chi connectivity index (χ1) is 9.06. The van der Waals surface area contributed by atoms with Gasteiger partial charge in [-0.1, -0.05) is 32.3 Å². The number of carboxylic acids is 1. The lowest BCUT2D eigenvalue weighted by molar-refractivity contribution is 0.0689. The number of unbranched alkanes of at least 4 members (excludes halogenated alkanes) is 3. The van der Waals surface area contributed by atoms with Crippen LogP contribution in [0.15, 0.2) is 18.2 Å². The van der Waals surface area contributed by atoms with E-state index in [1.807, 2.05) is 6.92 Å². The van der Waals surface area contributed by atoms with Crippen LogP contribution in [0, 0.1) is 0 Å². The lowest BCUT2D eigenvalue weighted by Gasteiger charge is -2.17. The van der Waals surface area contributed by atoms with Crippen molar-refractivity contribution in [2.24, 2.45) is 0 Å². The van der Waals surface area contributed by atoms with Crippen molar-refractivity contribution in [1.82, 2.24) is 0 Å². The molecule has 0 aliphatic rings. The number of carbonyl (C=O) groups is 1. The van der Waals surface area contributed by atoms with E-state index < -0.39 is 5.97 Å². The van der Waals surface area contributed by atoms with E-state index in [9.17, 15) is 4.79 Å². The first-order valence-corrected chi connectivity index (χ1v) is 6.84. The number of para-hydroxylation sites is 1. The van der Waals surface area contributed by atoms with Gasteiger partial charge < -0.3 is 15.6 Å². The van der Waals surface area contributed by atoms with Gasteiger partial charge in [0.25, 0.3) is 0 Å². The Balaban J connectivity index is 2.63. The Morgan fingerprint density at radius 2 is 2.11 bits per heavy atom. The van der Waals surface area contributed by atoms with E-state index in [1.54, 1.807) is 12.1 Å². The van der Waals surface area contributed by atoms with Crippen LogP contribution in [0.2, 0.25) is 0 Å². The van der Waals surface area contributed by atoms with Gasteiger partial charge in [-0.15, -0.1) is 0 Å². The SMILES string of the molecule is CCCCCCC(C)Oc1c(N)cccc1C(=O)O. The first kappa shape index (κ1) is 15.3. The minimum absolute atomic E-state index is 0.0281. The van der Waals surface area contributed by atoms with Gasteiger partial charge in [0.1, 0.15) is 5.56 Å². The van der Waals surface area contributed by atoms with Crippen LogP contribution in [-0.2, 0) is 0 Å². The quantitative estimate of drug-likeness (QED) is 0.555. The zero-order chi connectivity index (χ0) is 14.3. The van der Waals surface area contributed by atoms with Crippen molar-refractivity contribution in [2.45, 2.75) is 52.1 Å². The van der Waals surface area contributed by atoms with Crippen LogP contribution in [0.3, 0.4) is 0 Å². The summed E-state index contributed by atoms with van der Waals surface area (Å²) in [5.74, 6) is -0.724. The summed E-state index contributed by atoms with van der Waals surface area (Å²) in [7, 11) is 0. The molecule has 0 saturated carbocycles. The minimum atomic E-state index is -1.01. The van der Waals surface area contributed by atoms with E-state index in [2.05, 4.69) is 6.92 Å². The van der Waals surface area contributed by atoms with E-state index in [1.165, 1.54) is 25.3 Å². The molecule has 0 aromatic heterocycles. The highest BCUT2D eigenvalue weighted by Gasteiger charge is 2.16. The van der Waals surface area contributed by atoms with Crippen LogP contribution < -0.4 is 10.5 Å². The zero-order valence-corrected chi connectivity index (χ0v) is 11.7. The molecule has 1 aromatic rings. The van der Waals surface area contributed by atoms with Crippen LogP contribution in [-0.4, -0.2) is 17.2 Å². The van der Waals surface area contributed by atoms with Crippen molar-refractivity contribution in [3.05, 3.63) is 23.8 Å². The summed E-state index contributed by atoms with van der Waals surface area (Å²) in [4.78, 5) is 11.1. The predicted octanol–water partition coefficient (Wildman–Crippen LogP) is 3.70. The fourth-order valence-corrected chi connectivity index (χ4v) is 1.97. The monoisotopic (exact) mass is 265 g/mol. The number of aromatic carboxylic acids is 1. The Morgan fingerprint density at radius 3 is 2.74 bits per heavy atom. The van der Waals surface area contributed by atoms with Crippen molar-refractivity contribution >= 4 is 11.7 Å². The molecule has 4 nitrogen and oxygen atoms in total. The van der Waals surface area contributed by atoms with Crippen LogP contribution in [0.25, 0.3) is 0 Å². The van der Waals surface area contributed by atoms with Gasteiger partial charge in [0.2, 0.25) is 0 Å². The summed E-state index contributed by atoms with van der Waals surface area (Å²) in [5, 5.41) is 9.11. The minimum Gasteiger partial charge on any atom is -0.488 e. The smallest absolute Gasteiger partial charge is 0.339 e. The Bertz CT molecular complexity index is 418. The molecule has 1 rings (SSSR count). The second-order valence-electron chi connectivity index (χ2n) is 4.81. The molecule has 3 N–H and O–H groups in total. The summed E-state index contributed by atoms with van der Waals surface area (Å²) >= 11 is 0. The molecule has 1 atom stereocenters. The lowest BCUT2D eigenvalue weighted by Crippen LogP contribution is -2.15. The molecule has 0 aliphatic heterocycles. The summed E-state index contributed by atoms with van der Waals surface area (Å²) in [6.07, 6.45) is 5.57. The van der Waals surface area contributed by atoms with Gasteiger partial charge >= 0.3 is 5.97 Å². The van der Waals surface area contributed by atoms with Crippen molar-refractivity contribution in [3.63, 3.8) is 0 Å². The van der Waals surface area contributed by atoms with Crippen LogP contribution >= 0.6 is 0 Å². The summed E-state index contributed by atoms with van der Waals surface area (Å²) in [5.41, 5.74) is 6.30. The van der Waals surface area contributed by atoms with Gasteiger partial charge in [-0.3, -0.25) is 0 Å². The Labute approximate surface area is 114 Å². The molecule has 0 saturated heterocycles. The number of carboxylic acid groups (broad SMARTS) is 1. The Hall–Kier alpha value is -1.71. The standard InChI is InChI=1S/C15H23NO3/c1-3-4-5-6-8-11(2)19-14-12(15(17)18)9-7-10-13(14)16/h7,9-11H,3-6,8,16H2,1-2H3,(H,17,18). The van der Waals surface area contributed by atoms with Gasteiger partial charge in [-0.2, -0.15) is 0 Å². The van der Waals surface area contributed by atoms with E-state index in [4.69, 9.17) is 15.6 Å². The molecule has 0 amide bonds. The number of nitrogens with two attached hydrogens (primary N) is 1. The highest BCUT2D eigenvalue weighted by molar-refractivity contribution is 5.93. The number of hydrogen-bond acceptors (Lipinski definition) is 3. The third-order valence-corrected chi connectivity index (χ3v) is 3.06. The maximum atomic E-state index is 11.1. The average molecular weight is 265 g/mol. The molecule has 19 heavy (non-hydrogen) atoms. The maximum Gasteiger partial charge on any atom is 0.339 e. The van der Waals surface area contributed by atoms with Gasteiger partial charge in [-0.05, 0) is 31.9 Å². The van der Waals surface area contributed by atoms with E-state index in [-0.39, 0.29) is 17.4 Å². The van der Waals surface area contributed by atoms with E-state index in [0.29, 0.717) is 5.69 Å². The van der Waals surface area contributed by atoms with Gasteiger partial charge in [-0.25, -0.2) is 4.79 Å². The fourth-order valence-electron chi connectivity index (χ4n) is 1.97. The van der Waals surface area contributed by atoms with Crippen LogP contribution in [0.4, 0.5) is 5.69 Å². The highest BCUT2D eigenvalue weighted by atomic mass is 16.5. The second kappa shape index (κ2) is 7.67. The lowest BCUT2D eigenvalue weighted by atomic mass is 10.1. The summed E-state index contributed by atoms with van der Waals surface area (Å²) in [6, 6.07) is 4.79. The number of rotatable bonds is 8. The fraction of sp³-hybridized carbons (Fsp3) is 0.533. The predicted molar refractivity (Wildman–Crippen MR) is 76.7 cm³/mol. The van der Waals surface area contributed by atoms with Gasteiger partial charge in [0.05, 0.1) is 11.8 Å². The second-order valence-corrected chi connectivity index (χ2v) is 4.81. The highest BCUT2D eigenvalue weighted by Crippen LogP contribution is 2.28. The van der Waals surface area contributed by atoms with Gasteiger partial charge in [0.15, 0.2) is 5.75 Å². The van der Waals surface area contributed by atoms with E-state index in [0.717, 1.165) is 12.8 Å². The zero-order valence-electron chi connectivity index (χ0n) is 11.7. The molecule has 1 aromatic carbocycles. The molecular weight excluding hydrogens is 242 g/mol. The van der Waals surface area contributed by atoms with E-state index >= 15 is 0 Å². The topological polar surface area (TPSA) is 72.5 Å². The first-order valence-electron chi connectivity index (χ1n) is 6.84. The Morgan fingerprint density at radius 1 is 1.37 bits per heavy atom. The molecular formula is C15H23NO3. The molecule has 0 fully saturated rings. The molecule has 106 valence electrons. The molecule has 0 aliphatic carbocycles. The number of benzene rings is 1. The summed E-state index contributed by atoms with van der Waals surface area (Å²) < 4.78 is 5.71. The summed E-state index contributed by atoms with van der Waals surface area (Å²) in [6.45, 7) is 4.12. The normalized spacial score (nSPS) is 12.1. The molecule has 0 heterocycles.